The van der Waals surface area contributed by atoms with E-state index in [1.807, 2.05) is 11.9 Å². The number of non-ortho nitro benzene ring substituents is 1. The van der Waals surface area contributed by atoms with Crippen molar-refractivity contribution in [2.45, 2.75) is 33.7 Å². The molecule has 0 spiro atoms. The van der Waals surface area contributed by atoms with Crippen LogP contribution in [0.15, 0.2) is 18.2 Å². The predicted molar refractivity (Wildman–Crippen MR) is 75.8 cm³/mol. The van der Waals surface area contributed by atoms with E-state index in [1.165, 1.54) is 12.1 Å². The molecule has 0 N–H and O–H groups in total. The Morgan fingerprint density at radius 1 is 1.37 bits per heavy atom. The van der Waals surface area contributed by atoms with E-state index in [9.17, 15) is 14.9 Å². The number of hydrogen-bond acceptors (Lipinski definition) is 4. The fraction of sp³-hybridized carbons (Fsp3) is 0.500. The highest BCUT2D eigenvalue weighted by Crippen LogP contribution is 2.30. The van der Waals surface area contributed by atoms with Crippen molar-refractivity contribution in [1.29, 1.82) is 0 Å². The number of anilines is 1. The van der Waals surface area contributed by atoms with Gasteiger partial charge in [0.1, 0.15) is 0 Å². The van der Waals surface area contributed by atoms with E-state index in [0.717, 1.165) is 0 Å². The number of nitro benzene ring substituents is 1. The molecule has 1 unspecified atom stereocenters. The van der Waals surface area contributed by atoms with Crippen molar-refractivity contribution in [3.63, 3.8) is 0 Å². The van der Waals surface area contributed by atoms with Gasteiger partial charge in [-0.2, -0.15) is 0 Å². The monoisotopic (exact) mass is 264 g/mol. The van der Waals surface area contributed by atoms with E-state index in [0.29, 0.717) is 17.5 Å². The van der Waals surface area contributed by atoms with Gasteiger partial charge in [-0.15, -0.1) is 0 Å². The molecule has 0 saturated carbocycles. The lowest BCUT2D eigenvalue weighted by atomic mass is 9.86. The molecule has 19 heavy (non-hydrogen) atoms. The Morgan fingerprint density at radius 3 is 2.37 bits per heavy atom. The first kappa shape index (κ1) is 15.1. The first-order valence-electron chi connectivity index (χ1n) is 6.15. The van der Waals surface area contributed by atoms with E-state index in [1.54, 1.807) is 6.07 Å². The van der Waals surface area contributed by atoms with Crippen molar-refractivity contribution in [1.82, 2.24) is 0 Å². The highest BCUT2D eigenvalue weighted by Gasteiger charge is 2.25. The van der Waals surface area contributed by atoms with Gasteiger partial charge in [0.25, 0.3) is 5.69 Å². The summed E-state index contributed by atoms with van der Waals surface area (Å²) in [6.07, 6.45) is 0.661. The molecule has 1 rings (SSSR count). The number of nitro groups is 1. The number of benzene rings is 1. The van der Waals surface area contributed by atoms with Gasteiger partial charge >= 0.3 is 0 Å². The molecule has 0 aliphatic carbocycles. The number of nitrogens with zero attached hydrogens (tertiary/aromatic N) is 2. The van der Waals surface area contributed by atoms with Crippen LogP contribution < -0.4 is 4.90 Å². The Kier molecular flexibility index (Phi) is 4.29. The van der Waals surface area contributed by atoms with Gasteiger partial charge < -0.3 is 4.90 Å². The molecule has 0 fully saturated rings. The Labute approximate surface area is 113 Å². The molecule has 0 aliphatic heterocycles. The molecular formula is C14H20N2O3. The predicted octanol–water partition coefficient (Wildman–Crippen LogP) is 3.28. The van der Waals surface area contributed by atoms with Gasteiger partial charge in [0.2, 0.25) is 0 Å². The fourth-order valence-corrected chi connectivity index (χ4v) is 1.86. The third-order valence-electron chi connectivity index (χ3n) is 3.56. The van der Waals surface area contributed by atoms with E-state index in [2.05, 4.69) is 27.7 Å². The fourth-order valence-electron chi connectivity index (χ4n) is 1.86. The van der Waals surface area contributed by atoms with Crippen molar-refractivity contribution in [3.05, 3.63) is 33.9 Å². The molecule has 0 aliphatic rings. The minimum Gasteiger partial charge on any atom is -0.371 e. The van der Waals surface area contributed by atoms with E-state index in [-0.39, 0.29) is 17.1 Å². The number of carbonyl (C=O) groups excluding carboxylic acids is 1. The van der Waals surface area contributed by atoms with Crippen LogP contribution in [0.4, 0.5) is 11.4 Å². The topological polar surface area (TPSA) is 63.4 Å². The Balaban J connectivity index is 3.20. The Bertz CT molecular complexity index is 492. The van der Waals surface area contributed by atoms with Gasteiger partial charge in [-0.25, -0.2) is 0 Å². The van der Waals surface area contributed by atoms with E-state index in [4.69, 9.17) is 0 Å². The molecule has 0 saturated heterocycles. The van der Waals surface area contributed by atoms with Crippen LogP contribution in [0.1, 0.15) is 38.1 Å². The third kappa shape index (κ3) is 3.30. The Hall–Kier alpha value is -1.91. The maximum atomic E-state index is 11.1. The summed E-state index contributed by atoms with van der Waals surface area (Å²) < 4.78 is 0. The summed E-state index contributed by atoms with van der Waals surface area (Å²) in [6.45, 7) is 8.40. The largest absolute Gasteiger partial charge is 0.371 e. The van der Waals surface area contributed by atoms with Crippen LogP contribution in [0.2, 0.25) is 0 Å². The summed E-state index contributed by atoms with van der Waals surface area (Å²) in [4.78, 5) is 23.3. The van der Waals surface area contributed by atoms with Crippen molar-refractivity contribution in [2.75, 3.05) is 11.9 Å². The average Bonchev–Trinajstić information content (AvgIpc) is 2.34. The number of aldehydes is 1. The van der Waals surface area contributed by atoms with Gasteiger partial charge in [-0.05, 0) is 18.4 Å². The number of hydrogen-bond donors (Lipinski definition) is 0. The molecule has 104 valence electrons. The lowest BCUT2D eigenvalue weighted by Gasteiger charge is -2.37. The second-order valence-electron chi connectivity index (χ2n) is 5.77. The second kappa shape index (κ2) is 5.38. The molecule has 0 radical (unpaired) electrons. The molecule has 1 atom stereocenters. The normalized spacial score (nSPS) is 12.9. The molecule has 0 heterocycles. The minimum atomic E-state index is -0.496. The van der Waals surface area contributed by atoms with Crippen LogP contribution >= 0.6 is 0 Å². The summed E-state index contributed by atoms with van der Waals surface area (Å²) in [7, 11) is 1.89. The summed E-state index contributed by atoms with van der Waals surface area (Å²) in [5, 5.41) is 10.7. The molecular weight excluding hydrogens is 244 g/mol. The minimum absolute atomic E-state index is 0.0384. The first-order chi connectivity index (χ1) is 8.68. The number of rotatable bonds is 4. The molecule has 1 aromatic rings. The van der Waals surface area contributed by atoms with E-state index >= 15 is 0 Å². The standard InChI is InChI=1S/C14H20N2O3/c1-10(14(2,3)4)15(5)13-7-6-12(16(18)19)8-11(13)9-17/h6-10H,1-5H3. The van der Waals surface area contributed by atoms with Crippen molar-refractivity contribution >= 4 is 17.7 Å². The third-order valence-corrected chi connectivity index (χ3v) is 3.56. The van der Waals surface area contributed by atoms with Crippen LogP contribution in [-0.2, 0) is 0 Å². The van der Waals surface area contributed by atoms with Crippen molar-refractivity contribution in [3.8, 4) is 0 Å². The number of carbonyl (C=O) groups is 1. The lowest BCUT2D eigenvalue weighted by molar-refractivity contribution is -0.384. The van der Waals surface area contributed by atoms with Crippen LogP contribution in [0.5, 0.6) is 0 Å². The Morgan fingerprint density at radius 2 is 1.95 bits per heavy atom. The van der Waals surface area contributed by atoms with Gasteiger partial charge in [0.05, 0.1) is 4.92 Å². The summed E-state index contributed by atoms with van der Waals surface area (Å²) >= 11 is 0. The van der Waals surface area contributed by atoms with Crippen molar-refractivity contribution < 1.29 is 9.72 Å². The van der Waals surface area contributed by atoms with Crippen LogP contribution in [-0.4, -0.2) is 24.3 Å². The van der Waals surface area contributed by atoms with Gasteiger partial charge in [-0.1, -0.05) is 20.8 Å². The maximum Gasteiger partial charge on any atom is 0.270 e. The summed E-state index contributed by atoms with van der Waals surface area (Å²) in [5.74, 6) is 0. The van der Waals surface area contributed by atoms with Crippen LogP contribution in [0.3, 0.4) is 0 Å². The highest BCUT2D eigenvalue weighted by atomic mass is 16.6. The molecule has 5 heteroatoms. The lowest BCUT2D eigenvalue weighted by Crippen LogP contribution is -2.39. The van der Waals surface area contributed by atoms with Crippen LogP contribution in [0, 0.1) is 15.5 Å². The smallest absolute Gasteiger partial charge is 0.270 e. The molecule has 0 aromatic heterocycles. The van der Waals surface area contributed by atoms with Crippen LogP contribution in [0.25, 0.3) is 0 Å². The quantitative estimate of drug-likeness (QED) is 0.475. The zero-order chi connectivity index (χ0) is 14.8. The first-order valence-corrected chi connectivity index (χ1v) is 6.15. The molecule has 0 amide bonds. The molecule has 5 nitrogen and oxygen atoms in total. The average molecular weight is 264 g/mol. The molecule has 1 aromatic carbocycles. The zero-order valence-corrected chi connectivity index (χ0v) is 12.0. The zero-order valence-electron chi connectivity index (χ0n) is 12.0. The highest BCUT2D eigenvalue weighted by molar-refractivity contribution is 5.86. The summed E-state index contributed by atoms with van der Waals surface area (Å²) in [5.41, 5.74) is 1.02. The van der Waals surface area contributed by atoms with E-state index < -0.39 is 4.92 Å². The van der Waals surface area contributed by atoms with Crippen molar-refractivity contribution in [2.24, 2.45) is 5.41 Å². The second-order valence-corrected chi connectivity index (χ2v) is 5.77. The van der Waals surface area contributed by atoms with Gasteiger partial charge in [0.15, 0.2) is 6.29 Å². The molecule has 0 bridgehead atoms. The van der Waals surface area contributed by atoms with Gasteiger partial charge in [-0.3, -0.25) is 14.9 Å². The summed E-state index contributed by atoms with van der Waals surface area (Å²) in [6, 6.07) is 4.56. The maximum absolute atomic E-state index is 11.1. The SMILES string of the molecule is CC(N(C)c1ccc([N+](=O)[O-])cc1C=O)C(C)(C)C. The van der Waals surface area contributed by atoms with Gasteiger partial charge in [0, 0.05) is 36.5 Å².